The Morgan fingerprint density at radius 2 is 1.69 bits per heavy atom. The number of aromatic nitrogens is 1. The van der Waals surface area contributed by atoms with E-state index in [4.69, 9.17) is 4.52 Å². The van der Waals surface area contributed by atoms with Gasteiger partial charge in [-0.05, 0) is 96.2 Å². The topological polar surface area (TPSA) is 43.1 Å². The van der Waals surface area contributed by atoms with Gasteiger partial charge < -0.3 is 4.52 Å². The van der Waals surface area contributed by atoms with Crippen LogP contribution in [0.25, 0.3) is 0 Å². The van der Waals surface area contributed by atoms with Crippen molar-refractivity contribution in [2.24, 2.45) is 50.7 Å². The van der Waals surface area contributed by atoms with E-state index in [0.717, 1.165) is 18.6 Å². The molecule has 0 saturated heterocycles. The number of fused-ring (bicyclic) bond motifs is 8. The molecule has 5 aliphatic rings. The fraction of sp³-hybridized carbons (Fsp3) is 0.812. The van der Waals surface area contributed by atoms with Gasteiger partial charge in [0.15, 0.2) is 0 Å². The molecule has 35 heavy (non-hydrogen) atoms. The molecule has 4 fully saturated rings. The lowest BCUT2D eigenvalue weighted by Gasteiger charge is -2.72. The third kappa shape index (κ3) is 2.79. The molecule has 0 N–H and O–H groups in total. The third-order valence-electron chi connectivity index (χ3n) is 13.4. The number of hydrogen-bond acceptors (Lipinski definition) is 3. The molecule has 3 heteroatoms. The van der Waals surface area contributed by atoms with Crippen molar-refractivity contribution < 1.29 is 9.32 Å². The minimum atomic E-state index is -0.0427. The van der Waals surface area contributed by atoms with Gasteiger partial charge in [-0.1, -0.05) is 59.7 Å². The van der Waals surface area contributed by atoms with Crippen LogP contribution in [0.5, 0.6) is 0 Å². The highest BCUT2D eigenvalue weighted by atomic mass is 16.5. The number of carbonyl (C=O) groups is 1. The average Bonchev–Trinajstić information content (AvgIpc) is 3.24. The predicted octanol–water partition coefficient (Wildman–Crippen LogP) is 7.93. The summed E-state index contributed by atoms with van der Waals surface area (Å²) in [4.78, 5) is 14.5. The monoisotopic (exact) mass is 477 g/mol. The smallest absolute Gasteiger partial charge is 0.145 e. The minimum Gasteiger partial charge on any atom is -0.361 e. The van der Waals surface area contributed by atoms with Crippen molar-refractivity contribution in [2.45, 2.75) is 112 Å². The van der Waals surface area contributed by atoms with E-state index in [1.165, 1.54) is 50.5 Å². The van der Waals surface area contributed by atoms with Crippen LogP contribution in [0.15, 0.2) is 23.4 Å². The number of Topliss-reactive ketones (excluding diaryl/α,β-unsaturated/α-hetero) is 1. The van der Waals surface area contributed by atoms with Crippen LogP contribution >= 0.6 is 0 Å². The van der Waals surface area contributed by atoms with Crippen molar-refractivity contribution in [2.75, 3.05) is 0 Å². The van der Waals surface area contributed by atoms with E-state index in [1.807, 2.05) is 6.20 Å². The van der Waals surface area contributed by atoms with Gasteiger partial charge >= 0.3 is 0 Å². The Labute approximate surface area is 212 Å². The van der Waals surface area contributed by atoms with E-state index in [0.29, 0.717) is 29.0 Å². The van der Waals surface area contributed by atoms with E-state index < -0.39 is 0 Å². The van der Waals surface area contributed by atoms with Gasteiger partial charge in [0.25, 0.3) is 0 Å². The molecule has 1 heterocycles. The van der Waals surface area contributed by atoms with Crippen LogP contribution in [0.1, 0.15) is 111 Å². The van der Waals surface area contributed by atoms with Crippen LogP contribution in [0, 0.1) is 50.7 Å². The lowest BCUT2D eigenvalue weighted by Crippen LogP contribution is -2.68. The zero-order chi connectivity index (χ0) is 25.2. The molecule has 5 aliphatic carbocycles. The second kappa shape index (κ2) is 6.93. The van der Waals surface area contributed by atoms with Crippen molar-refractivity contribution in [1.82, 2.24) is 5.16 Å². The molecule has 8 atom stereocenters. The fourth-order valence-corrected chi connectivity index (χ4v) is 11.4. The first-order valence-corrected chi connectivity index (χ1v) is 14.3. The summed E-state index contributed by atoms with van der Waals surface area (Å²) in [6.45, 7) is 21.6. The maximum atomic E-state index is 14.5. The van der Waals surface area contributed by atoms with E-state index in [2.05, 4.69) is 66.3 Å². The first-order chi connectivity index (χ1) is 16.2. The van der Waals surface area contributed by atoms with E-state index in [9.17, 15) is 4.79 Å². The third-order valence-corrected chi connectivity index (χ3v) is 13.4. The number of ketones is 1. The van der Waals surface area contributed by atoms with E-state index in [1.54, 1.807) is 0 Å². The highest BCUT2D eigenvalue weighted by Gasteiger charge is 2.72. The Morgan fingerprint density at radius 1 is 0.971 bits per heavy atom. The molecule has 2 unspecified atom stereocenters. The number of carbonyl (C=O) groups excluding carboxylic acids is 1. The van der Waals surface area contributed by atoms with Gasteiger partial charge in [0.2, 0.25) is 0 Å². The maximum Gasteiger partial charge on any atom is 0.145 e. The molecular formula is C32H47NO2. The van der Waals surface area contributed by atoms with Gasteiger partial charge in [-0.3, -0.25) is 4.79 Å². The lowest BCUT2D eigenvalue weighted by atomic mass is 9.31. The Morgan fingerprint density at radius 3 is 2.40 bits per heavy atom. The van der Waals surface area contributed by atoms with Crippen LogP contribution in [0.2, 0.25) is 0 Å². The van der Waals surface area contributed by atoms with Crippen LogP contribution in [0.4, 0.5) is 0 Å². The Balaban J connectivity index is 1.46. The zero-order valence-corrected chi connectivity index (χ0v) is 23.3. The summed E-state index contributed by atoms with van der Waals surface area (Å²) in [6, 6.07) is 0. The van der Waals surface area contributed by atoms with Crippen LogP contribution < -0.4 is 0 Å². The number of allylic oxidation sites excluding steroid dienone is 1. The molecule has 1 aromatic rings. The molecule has 0 aromatic carbocycles. The van der Waals surface area contributed by atoms with E-state index >= 15 is 0 Å². The van der Waals surface area contributed by atoms with Gasteiger partial charge in [0, 0.05) is 23.3 Å². The van der Waals surface area contributed by atoms with Crippen molar-refractivity contribution in [3.8, 4) is 0 Å². The standard InChI is InChI=1S/C32H47NO2/c1-9-32-14-12-27(2,3)18-21(32)25-22(34)16-24-29(6)17-20-19-33-35-26(20)28(4,5)23(29)10-11-30(24,7)31(25,8)13-15-32/h9,19,21,23-25H,1,10-18H2,2-8H3/t21?,23-,24+,25?,29-,30+,31+,32+/m0/s1. The number of nitrogens with zero attached hydrogens (tertiary/aromatic N) is 1. The molecule has 192 valence electrons. The highest BCUT2D eigenvalue weighted by molar-refractivity contribution is 5.84. The fourth-order valence-electron chi connectivity index (χ4n) is 11.4. The molecule has 4 saturated carbocycles. The first-order valence-electron chi connectivity index (χ1n) is 14.3. The van der Waals surface area contributed by atoms with E-state index in [-0.39, 0.29) is 33.0 Å². The van der Waals surface area contributed by atoms with Crippen molar-refractivity contribution >= 4 is 5.78 Å². The van der Waals surface area contributed by atoms with Gasteiger partial charge in [-0.15, -0.1) is 6.58 Å². The molecule has 0 bridgehead atoms. The van der Waals surface area contributed by atoms with Gasteiger partial charge in [0.05, 0.1) is 6.20 Å². The number of hydrogen-bond donors (Lipinski definition) is 0. The van der Waals surface area contributed by atoms with Gasteiger partial charge in [-0.25, -0.2) is 0 Å². The average molecular weight is 478 g/mol. The van der Waals surface area contributed by atoms with Crippen LogP contribution in [0.3, 0.4) is 0 Å². The summed E-state index contributed by atoms with van der Waals surface area (Å²) < 4.78 is 5.83. The van der Waals surface area contributed by atoms with Crippen molar-refractivity contribution in [1.29, 1.82) is 0 Å². The van der Waals surface area contributed by atoms with Gasteiger partial charge in [0.1, 0.15) is 11.5 Å². The largest absolute Gasteiger partial charge is 0.361 e. The number of rotatable bonds is 1. The molecule has 0 aliphatic heterocycles. The molecular weight excluding hydrogens is 430 g/mol. The molecule has 0 amide bonds. The molecule has 0 radical (unpaired) electrons. The molecule has 3 nitrogen and oxygen atoms in total. The zero-order valence-electron chi connectivity index (χ0n) is 23.3. The second-order valence-electron chi connectivity index (χ2n) is 15.6. The molecule has 1 aromatic heterocycles. The van der Waals surface area contributed by atoms with Crippen molar-refractivity contribution in [3.05, 3.63) is 30.2 Å². The van der Waals surface area contributed by atoms with Crippen LogP contribution in [-0.2, 0) is 16.6 Å². The summed E-state index contributed by atoms with van der Waals surface area (Å²) in [7, 11) is 0. The summed E-state index contributed by atoms with van der Waals surface area (Å²) in [5, 5.41) is 4.23. The molecule has 6 rings (SSSR count). The molecule has 0 spiro atoms. The quantitative estimate of drug-likeness (QED) is 0.386. The Bertz CT molecular complexity index is 1080. The van der Waals surface area contributed by atoms with Crippen LogP contribution in [-0.4, -0.2) is 10.9 Å². The predicted molar refractivity (Wildman–Crippen MR) is 140 cm³/mol. The first kappa shape index (κ1) is 24.0. The summed E-state index contributed by atoms with van der Waals surface area (Å²) in [5.74, 6) is 3.22. The lowest BCUT2D eigenvalue weighted by molar-refractivity contribution is -0.223. The summed E-state index contributed by atoms with van der Waals surface area (Å²) in [6.07, 6.45) is 14.4. The second-order valence-corrected chi connectivity index (χ2v) is 15.6. The SMILES string of the molecule is C=C[C@]12CCC(C)(C)CC1C1C(=O)C[C@@H]3[C@@]4(C)Cc5cnoc5C(C)(C)[C@@H]4CC[C@@]3(C)[C@]1(C)CC2. The maximum absolute atomic E-state index is 14.5. The summed E-state index contributed by atoms with van der Waals surface area (Å²) in [5.41, 5.74) is 2.04. The Hall–Kier alpha value is -1.38. The highest BCUT2D eigenvalue weighted by Crippen LogP contribution is 2.76. The van der Waals surface area contributed by atoms with Crippen molar-refractivity contribution in [3.63, 3.8) is 0 Å². The van der Waals surface area contributed by atoms with Gasteiger partial charge in [-0.2, -0.15) is 0 Å². The normalized spacial score (nSPS) is 49.6. The Kier molecular flexibility index (Phi) is 4.75. The summed E-state index contributed by atoms with van der Waals surface area (Å²) >= 11 is 0. The minimum absolute atomic E-state index is 0.0427.